The summed E-state index contributed by atoms with van der Waals surface area (Å²) in [5.74, 6) is 0. The van der Waals surface area contributed by atoms with Gasteiger partial charge in [0.05, 0.1) is 0 Å². The highest BCUT2D eigenvalue weighted by molar-refractivity contribution is 5.14. The molecule has 3 nitrogen and oxygen atoms in total. The standard InChI is InChI=1S/C13H20N2O/c14-9-13-11-15(7-4-8-16-13)10-12-5-2-1-3-6-12/h1-3,5-6,13H,4,7-11,14H2/p+1. The molecule has 1 aromatic rings. The number of hydrogen-bond donors (Lipinski definition) is 1. The molecular formula is C13H21N2O+. The first kappa shape index (κ1) is 11.6. The largest absolute Gasteiger partial charge is 0.371 e. The molecule has 0 aliphatic carbocycles. The zero-order valence-electron chi connectivity index (χ0n) is 9.77. The molecule has 1 unspecified atom stereocenters. The summed E-state index contributed by atoms with van der Waals surface area (Å²) in [5, 5.41) is 0. The SMILES string of the molecule is [NH3+]CC1CN(Cc2ccccc2)CCCO1. The average molecular weight is 221 g/mol. The van der Waals surface area contributed by atoms with Crippen molar-refractivity contribution >= 4 is 0 Å². The number of ether oxygens (including phenoxy) is 1. The van der Waals surface area contributed by atoms with Crippen LogP contribution in [-0.4, -0.2) is 37.2 Å². The van der Waals surface area contributed by atoms with Gasteiger partial charge in [-0.25, -0.2) is 0 Å². The van der Waals surface area contributed by atoms with Crippen LogP contribution >= 0.6 is 0 Å². The van der Waals surface area contributed by atoms with Crippen LogP contribution in [0.15, 0.2) is 30.3 Å². The second kappa shape index (κ2) is 5.99. The first-order valence-corrected chi connectivity index (χ1v) is 6.05. The molecule has 16 heavy (non-hydrogen) atoms. The van der Waals surface area contributed by atoms with E-state index < -0.39 is 0 Å². The molecule has 0 bridgehead atoms. The average Bonchev–Trinajstić information content (AvgIpc) is 2.55. The van der Waals surface area contributed by atoms with E-state index in [1.807, 2.05) is 0 Å². The molecule has 0 saturated carbocycles. The molecule has 1 heterocycles. The molecule has 0 amide bonds. The summed E-state index contributed by atoms with van der Waals surface area (Å²) < 4.78 is 5.72. The van der Waals surface area contributed by atoms with Crippen molar-refractivity contribution in [2.75, 3.05) is 26.2 Å². The van der Waals surface area contributed by atoms with E-state index in [9.17, 15) is 0 Å². The predicted octanol–water partition coefficient (Wildman–Crippen LogP) is 0.519. The number of nitrogens with zero attached hydrogens (tertiary/aromatic N) is 1. The quantitative estimate of drug-likeness (QED) is 0.808. The lowest BCUT2D eigenvalue weighted by Crippen LogP contribution is -2.58. The number of hydrogen-bond acceptors (Lipinski definition) is 2. The van der Waals surface area contributed by atoms with E-state index in [-0.39, 0.29) is 0 Å². The Morgan fingerprint density at radius 3 is 2.88 bits per heavy atom. The second-order valence-electron chi connectivity index (χ2n) is 4.36. The van der Waals surface area contributed by atoms with Crippen molar-refractivity contribution in [3.05, 3.63) is 35.9 Å². The van der Waals surface area contributed by atoms with E-state index in [0.29, 0.717) is 6.10 Å². The van der Waals surface area contributed by atoms with Gasteiger partial charge in [-0.1, -0.05) is 30.3 Å². The highest BCUT2D eigenvalue weighted by Gasteiger charge is 2.18. The highest BCUT2D eigenvalue weighted by atomic mass is 16.5. The van der Waals surface area contributed by atoms with E-state index in [1.165, 1.54) is 5.56 Å². The van der Waals surface area contributed by atoms with Crippen molar-refractivity contribution < 1.29 is 10.5 Å². The fourth-order valence-corrected chi connectivity index (χ4v) is 2.13. The molecule has 1 aliphatic heterocycles. The predicted molar refractivity (Wildman–Crippen MR) is 63.8 cm³/mol. The third-order valence-electron chi connectivity index (χ3n) is 3.01. The maximum atomic E-state index is 5.72. The van der Waals surface area contributed by atoms with Gasteiger partial charge in [-0.2, -0.15) is 0 Å². The smallest absolute Gasteiger partial charge is 0.119 e. The molecule has 0 radical (unpaired) electrons. The fraction of sp³-hybridized carbons (Fsp3) is 0.538. The monoisotopic (exact) mass is 221 g/mol. The summed E-state index contributed by atoms with van der Waals surface area (Å²) in [6, 6.07) is 10.6. The van der Waals surface area contributed by atoms with Crippen LogP contribution in [-0.2, 0) is 11.3 Å². The second-order valence-corrected chi connectivity index (χ2v) is 4.36. The first-order valence-electron chi connectivity index (χ1n) is 6.05. The van der Waals surface area contributed by atoms with E-state index in [2.05, 4.69) is 41.0 Å². The third kappa shape index (κ3) is 3.30. The molecule has 3 N–H and O–H groups in total. The topological polar surface area (TPSA) is 40.1 Å². The van der Waals surface area contributed by atoms with Gasteiger partial charge >= 0.3 is 0 Å². The Morgan fingerprint density at radius 1 is 1.31 bits per heavy atom. The molecule has 3 heteroatoms. The van der Waals surface area contributed by atoms with E-state index in [0.717, 1.165) is 39.2 Å². The molecule has 1 fully saturated rings. The lowest BCUT2D eigenvalue weighted by molar-refractivity contribution is -0.386. The van der Waals surface area contributed by atoms with Crippen molar-refractivity contribution in [3.63, 3.8) is 0 Å². The summed E-state index contributed by atoms with van der Waals surface area (Å²) in [7, 11) is 0. The van der Waals surface area contributed by atoms with Crippen molar-refractivity contribution in [2.45, 2.75) is 19.1 Å². The summed E-state index contributed by atoms with van der Waals surface area (Å²) >= 11 is 0. The van der Waals surface area contributed by atoms with E-state index >= 15 is 0 Å². The van der Waals surface area contributed by atoms with Crippen molar-refractivity contribution in [2.24, 2.45) is 0 Å². The van der Waals surface area contributed by atoms with Crippen molar-refractivity contribution in [1.29, 1.82) is 0 Å². The van der Waals surface area contributed by atoms with Crippen LogP contribution in [0, 0.1) is 0 Å². The summed E-state index contributed by atoms with van der Waals surface area (Å²) in [6.07, 6.45) is 1.44. The van der Waals surface area contributed by atoms with Crippen LogP contribution in [0.1, 0.15) is 12.0 Å². The first-order chi connectivity index (χ1) is 7.88. The minimum atomic E-state index is 0.311. The van der Waals surface area contributed by atoms with Gasteiger partial charge in [0.15, 0.2) is 0 Å². The Bertz CT molecular complexity index is 302. The van der Waals surface area contributed by atoms with Gasteiger partial charge in [0, 0.05) is 26.2 Å². The number of benzene rings is 1. The van der Waals surface area contributed by atoms with E-state index in [1.54, 1.807) is 0 Å². The van der Waals surface area contributed by atoms with Gasteiger partial charge in [0.1, 0.15) is 12.6 Å². The molecular weight excluding hydrogens is 200 g/mol. The number of quaternary nitrogens is 1. The fourth-order valence-electron chi connectivity index (χ4n) is 2.13. The van der Waals surface area contributed by atoms with Gasteiger partial charge in [0.25, 0.3) is 0 Å². The minimum Gasteiger partial charge on any atom is -0.371 e. The maximum Gasteiger partial charge on any atom is 0.119 e. The van der Waals surface area contributed by atoms with Crippen LogP contribution in [0.4, 0.5) is 0 Å². The van der Waals surface area contributed by atoms with Crippen molar-refractivity contribution in [1.82, 2.24) is 4.90 Å². The summed E-state index contributed by atoms with van der Waals surface area (Å²) in [4.78, 5) is 2.47. The lowest BCUT2D eigenvalue weighted by atomic mass is 10.2. The molecule has 1 aromatic carbocycles. The van der Waals surface area contributed by atoms with Crippen LogP contribution < -0.4 is 5.73 Å². The molecule has 1 aliphatic rings. The van der Waals surface area contributed by atoms with Gasteiger partial charge < -0.3 is 10.5 Å². The van der Waals surface area contributed by atoms with Gasteiger partial charge in [-0.15, -0.1) is 0 Å². The van der Waals surface area contributed by atoms with Crippen LogP contribution in [0.5, 0.6) is 0 Å². The zero-order chi connectivity index (χ0) is 11.2. The molecule has 1 atom stereocenters. The molecule has 0 aromatic heterocycles. The van der Waals surface area contributed by atoms with Crippen molar-refractivity contribution in [3.8, 4) is 0 Å². The Morgan fingerprint density at radius 2 is 2.12 bits per heavy atom. The Hall–Kier alpha value is -0.900. The van der Waals surface area contributed by atoms with Crippen LogP contribution in [0.2, 0.25) is 0 Å². The summed E-state index contributed by atoms with van der Waals surface area (Å²) in [5.41, 5.74) is 5.32. The van der Waals surface area contributed by atoms with E-state index in [4.69, 9.17) is 4.74 Å². The molecule has 88 valence electrons. The lowest BCUT2D eigenvalue weighted by Gasteiger charge is -2.22. The molecule has 2 rings (SSSR count). The summed E-state index contributed by atoms with van der Waals surface area (Å²) in [6.45, 7) is 4.92. The van der Waals surface area contributed by atoms with Gasteiger partial charge in [0.2, 0.25) is 0 Å². The third-order valence-corrected chi connectivity index (χ3v) is 3.01. The van der Waals surface area contributed by atoms with Gasteiger partial charge in [-0.3, -0.25) is 4.90 Å². The maximum absolute atomic E-state index is 5.72. The number of rotatable bonds is 3. The Balaban J connectivity index is 1.93. The normalized spacial score (nSPS) is 22.9. The Labute approximate surface area is 97.2 Å². The highest BCUT2D eigenvalue weighted by Crippen LogP contribution is 2.09. The van der Waals surface area contributed by atoms with Crippen LogP contribution in [0.25, 0.3) is 0 Å². The van der Waals surface area contributed by atoms with Gasteiger partial charge in [-0.05, 0) is 12.0 Å². The Kier molecular flexibility index (Phi) is 4.34. The minimum absolute atomic E-state index is 0.311. The molecule has 0 spiro atoms. The van der Waals surface area contributed by atoms with Crippen LogP contribution in [0.3, 0.4) is 0 Å². The zero-order valence-corrected chi connectivity index (χ0v) is 9.77. The molecule has 1 saturated heterocycles.